The standard InChI is InChI=1S/C22H25N5O6S/c1-22(2,3)14-10-16(19(33-4)17(11-14)25-34(5,31)32)23-20(28)13-7-6-8-15(9-13)27-12-18(21(29)30)24-26-27/h6-12,25H,1-5H3,(H,23,28)(H,29,30). The number of aromatic carboxylic acids is 1. The molecule has 0 fully saturated rings. The van der Waals surface area contributed by atoms with E-state index < -0.39 is 21.9 Å². The van der Waals surface area contributed by atoms with Crippen LogP contribution in [0.15, 0.2) is 42.6 Å². The number of nitrogens with one attached hydrogen (secondary N) is 2. The SMILES string of the molecule is COc1c(NC(=O)c2cccc(-n3cc(C(=O)O)nn3)c2)cc(C(C)(C)C)cc1NS(C)(=O)=O. The fourth-order valence-corrected chi connectivity index (χ4v) is 3.67. The maximum absolute atomic E-state index is 13.1. The Morgan fingerprint density at radius 2 is 1.79 bits per heavy atom. The van der Waals surface area contributed by atoms with E-state index in [1.807, 2.05) is 20.8 Å². The van der Waals surface area contributed by atoms with Crippen molar-refractivity contribution in [2.75, 3.05) is 23.4 Å². The zero-order chi connectivity index (χ0) is 25.3. The number of rotatable bonds is 7. The second kappa shape index (κ2) is 9.14. The molecule has 0 saturated heterocycles. The molecule has 0 aliphatic carbocycles. The summed E-state index contributed by atoms with van der Waals surface area (Å²) in [5, 5.41) is 19.2. The monoisotopic (exact) mass is 487 g/mol. The van der Waals surface area contributed by atoms with Gasteiger partial charge in [-0.3, -0.25) is 9.52 Å². The number of nitrogens with zero attached hydrogens (tertiary/aromatic N) is 3. The van der Waals surface area contributed by atoms with Crippen LogP contribution in [0, 0.1) is 0 Å². The van der Waals surface area contributed by atoms with Gasteiger partial charge in [0.1, 0.15) is 0 Å². The molecule has 1 heterocycles. The first-order chi connectivity index (χ1) is 15.8. The Labute approximate surface area is 196 Å². The molecule has 1 aromatic heterocycles. The molecule has 180 valence electrons. The van der Waals surface area contributed by atoms with Gasteiger partial charge in [0.15, 0.2) is 11.4 Å². The van der Waals surface area contributed by atoms with Crippen LogP contribution in [-0.2, 0) is 15.4 Å². The van der Waals surface area contributed by atoms with Crippen LogP contribution in [-0.4, -0.2) is 53.8 Å². The van der Waals surface area contributed by atoms with Crippen LogP contribution in [0.1, 0.15) is 47.2 Å². The number of amides is 1. The van der Waals surface area contributed by atoms with Gasteiger partial charge in [-0.15, -0.1) is 5.10 Å². The molecule has 0 saturated carbocycles. The molecule has 1 amide bonds. The Kier molecular flexibility index (Phi) is 6.64. The van der Waals surface area contributed by atoms with Crippen LogP contribution in [0.4, 0.5) is 11.4 Å². The maximum atomic E-state index is 13.1. The highest BCUT2D eigenvalue weighted by Crippen LogP contribution is 2.39. The van der Waals surface area contributed by atoms with E-state index in [2.05, 4.69) is 20.4 Å². The number of carbonyl (C=O) groups excluding carboxylic acids is 1. The number of benzene rings is 2. The van der Waals surface area contributed by atoms with Crippen molar-refractivity contribution < 1.29 is 27.9 Å². The number of aromatic nitrogens is 3. The molecule has 0 atom stereocenters. The van der Waals surface area contributed by atoms with Gasteiger partial charge in [0.05, 0.1) is 36.6 Å². The highest BCUT2D eigenvalue weighted by Gasteiger charge is 2.22. The summed E-state index contributed by atoms with van der Waals surface area (Å²) < 4.78 is 32.9. The second-order valence-corrected chi connectivity index (χ2v) is 10.3. The van der Waals surface area contributed by atoms with E-state index in [0.29, 0.717) is 5.69 Å². The number of carbonyl (C=O) groups is 2. The Morgan fingerprint density at radius 3 is 2.35 bits per heavy atom. The summed E-state index contributed by atoms with van der Waals surface area (Å²) in [6, 6.07) is 9.75. The van der Waals surface area contributed by atoms with Crippen molar-refractivity contribution in [3.8, 4) is 11.4 Å². The Bertz CT molecular complexity index is 1360. The van der Waals surface area contributed by atoms with E-state index in [0.717, 1.165) is 11.8 Å². The number of carboxylic acids is 1. The van der Waals surface area contributed by atoms with Gasteiger partial charge in [0.2, 0.25) is 10.0 Å². The van der Waals surface area contributed by atoms with E-state index in [1.54, 1.807) is 30.3 Å². The number of anilines is 2. The quantitative estimate of drug-likeness (QED) is 0.460. The average molecular weight is 488 g/mol. The molecule has 3 N–H and O–H groups in total. The van der Waals surface area contributed by atoms with Crippen LogP contribution in [0.2, 0.25) is 0 Å². The number of ether oxygens (including phenoxy) is 1. The summed E-state index contributed by atoms with van der Waals surface area (Å²) in [7, 11) is -2.23. The van der Waals surface area contributed by atoms with Crippen molar-refractivity contribution in [1.29, 1.82) is 0 Å². The smallest absolute Gasteiger partial charge is 0.358 e. The van der Waals surface area contributed by atoms with Crippen molar-refractivity contribution in [3.05, 3.63) is 59.4 Å². The first-order valence-electron chi connectivity index (χ1n) is 10.1. The highest BCUT2D eigenvalue weighted by atomic mass is 32.2. The third-order valence-corrected chi connectivity index (χ3v) is 5.38. The first-order valence-corrected chi connectivity index (χ1v) is 12.0. The van der Waals surface area contributed by atoms with Crippen molar-refractivity contribution in [1.82, 2.24) is 15.0 Å². The minimum atomic E-state index is -3.61. The number of carboxylic acid groups (broad SMARTS) is 1. The Hall–Kier alpha value is -3.93. The lowest BCUT2D eigenvalue weighted by Crippen LogP contribution is -2.18. The molecule has 0 unspecified atom stereocenters. The van der Waals surface area contributed by atoms with Gasteiger partial charge >= 0.3 is 5.97 Å². The minimum absolute atomic E-state index is 0.158. The molecule has 0 bridgehead atoms. The zero-order valence-electron chi connectivity index (χ0n) is 19.3. The third-order valence-electron chi connectivity index (χ3n) is 4.79. The summed E-state index contributed by atoms with van der Waals surface area (Å²) in [5.41, 5.74) is 1.36. The van der Waals surface area contributed by atoms with Crippen molar-refractivity contribution in [2.24, 2.45) is 0 Å². The molecule has 3 aromatic rings. The molecular formula is C22H25N5O6S. The molecule has 34 heavy (non-hydrogen) atoms. The lowest BCUT2D eigenvalue weighted by molar-refractivity contribution is 0.0690. The molecule has 0 aliphatic rings. The molecule has 2 aromatic carbocycles. The maximum Gasteiger partial charge on any atom is 0.358 e. The van der Waals surface area contributed by atoms with Crippen LogP contribution in [0.3, 0.4) is 0 Å². The lowest BCUT2D eigenvalue weighted by Gasteiger charge is -2.24. The van der Waals surface area contributed by atoms with Crippen molar-refractivity contribution in [3.63, 3.8) is 0 Å². The number of methoxy groups -OCH3 is 1. The van der Waals surface area contributed by atoms with E-state index in [4.69, 9.17) is 9.84 Å². The third kappa shape index (κ3) is 5.70. The van der Waals surface area contributed by atoms with E-state index >= 15 is 0 Å². The Morgan fingerprint density at radius 1 is 1.12 bits per heavy atom. The van der Waals surface area contributed by atoms with Crippen LogP contribution in [0.5, 0.6) is 5.75 Å². The molecule has 0 radical (unpaired) electrons. The van der Waals surface area contributed by atoms with Gasteiger partial charge in [-0.1, -0.05) is 32.1 Å². The van der Waals surface area contributed by atoms with E-state index in [1.165, 1.54) is 24.1 Å². The predicted molar refractivity (Wildman–Crippen MR) is 126 cm³/mol. The van der Waals surface area contributed by atoms with Crippen molar-refractivity contribution in [2.45, 2.75) is 26.2 Å². The summed E-state index contributed by atoms with van der Waals surface area (Å²) >= 11 is 0. The van der Waals surface area contributed by atoms with E-state index in [-0.39, 0.29) is 33.8 Å². The van der Waals surface area contributed by atoms with Crippen molar-refractivity contribution >= 4 is 33.3 Å². The normalized spacial score (nSPS) is 11.7. The second-order valence-electron chi connectivity index (χ2n) is 8.59. The van der Waals surface area contributed by atoms with Gasteiger partial charge in [0, 0.05) is 5.56 Å². The first kappa shape index (κ1) is 24.7. The van der Waals surface area contributed by atoms with Gasteiger partial charge in [-0.05, 0) is 41.3 Å². The van der Waals surface area contributed by atoms with Crippen LogP contribution < -0.4 is 14.8 Å². The summed E-state index contributed by atoms with van der Waals surface area (Å²) in [4.78, 5) is 24.2. The topological polar surface area (TPSA) is 153 Å². The molecule has 0 aliphatic heterocycles. The lowest BCUT2D eigenvalue weighted by atomic mass is 9.86. The molecule has 12 heteroatoms. The molecule has 3 rings (SSSR count). The number of hydrogen-bond donors (Lipinski definition) is 3. The van der Waals surface area contributed by atoms with Crippen LogP contribution >= 0.6 is 0 Å². The van der Waals surface area contributed by atoms with Gasteiger partial charge in [-0.2, -0.15) is 0 Å². The zero-order valence-corrected chi connectivity index (χ0v) is 20.1. The predicted octanol–water partition coefficient (Wildman–Crippen LogP) is 2.90. The van der Waals surface area contributed by atoms with Gasteiger partial charge in [-0.25, -0.2) is 17.9 Å². The molecule has 0 spiro atoms. The summed E-state index contributed by atoms with van der Waals surface area (Å²) in [6.07, 6.45) is 2.26. The summed E-state index contributed by atoms with van der Waals surface area (Å²) in [5.74, 6) is -1.55. The van der Waals surface area contributed by atoms with Gasteiger partial charge in [0.25, 0.3) is 5.91 Å². The largest absolute Gasteiger partial charge is 0.492 e. The van der Waals surface area contributed by atoms with Crippen LogP contribution in [0.25, 0.3) is 5.69 Å². The van der Waals surface area contributed by atoms with E-state index in [9.17, 15) is 18.0 Å². The Balaban J connectivity index is 2.00. The average Bonchev–Trinajstić information content (AvgIpc) is 3.22. The van der Waals surface area contributed by atoms with Gasteiger partial charge < -0.3 is 15.2 Å². The number of sulfonamides is 1. The minimum Gasteiger partial charge on any atom is -0.492 e. The number of hydrogen-bond acceptors (Lipinski definition) is 7. The fraction of sp³-hybridized carbons (Fsp3) is 0.273. The fourth-order valence-electron chi connectivity index (χ4n) is 3.12. The summed E-state index contributed by atoms with van der Waals surface area (Å²) in [6.45, 7) is 5.87. The molecular weight excluding hydrogens is 462 g/mol. The molecule has 11 nitrogen and oxygen atoms in total. The highest BCUT2D eigenvalue weighted by molar-refractivity contribution is 7.92.